The first-order valence-electron chi connectivity index (χ1n) is 15.6. The molecule has 0 N–H and O–H groups in total. The van der Waals surface area contributed by atoms with E-state index in [1.54, 1.807) is 12.4 Å². The Morgan fingerprint density at radius 2 is 1.09 bits per heavy atom. The molecule has 0 aliphatic heterocycles. The second-order valence-electron chi connectivity index (χ2n) is 12.5. The minimum atomic E-state index is -0.130. The summed E-state index contributed by atoms with van der Waals surface area (Å²) in [5, 5.41) is 2.21. The van der Waals surface area contributed by atoms with Crippen molar-refractivity contribution in [3.63, 3.8) is 0 Å². The molecule has 0 spiro atoms. The zero-order valence-electron chi connectivity index (χ0n) is 25.5. The molecule has 0 amide bonds. The van der Waals surface area contributed by atoms with E-state index in [-0.39, 0.29) is 5.41 Å². The van der Waals surface area contributed by atoms with Crippen molar-refractivity contribution in [1.29, 1.82) is 0 Å². The fourth-order valence-electron chi connectivity index (χ4n) is 7.16. The van der Waals surface area contributed by atoms with Gasteiger partial charge in [-0.25, -0.2) is 0 Å². The van der Waals surface area contributed by atoms with Crippen LogP contribution < -0.4 is 0 Å². The van der Waals surface area contributed by atoms with E-state index in [1.165, 1.54) is 16.7 Å². The molecule has 0 fully saturated rings. The molecule has 0 unspecified atom stereocenters. The monoisotopic (exact) mass is 591 g/mol. The fraction of sp³-hybridized carbons (Fsp3) is 0.0714. The molecule has 0 bridgehead atoms. The third kappa shape index (κ3) is 4.04. The van der Waals surface area contributed by atoms with E-state index in [9.17, 15) is 0 Å². The second kappa shape index (κ2) is 10.1. The Kier molecular flexibility index (Phi) is 5.81. The van der Waals surface area contributed by atoms with Crippen LogP contribution >= 0.6 is 0 Å². The Hall–Kier alpha value is -5.87. The van der Waals surface area contributed by atoms with Crippen molar-refractivity contribution >= 4 is 21.9 Å². The largest absolute Gasteiger partial charge is 0.455 e. The van der Waals surface area contributed by atoms with Gasteiger partial charge in [-0.1, -0.05) is 80.6 Å². The smallest absolute Gasteiger partial charge is 0.143 e. The van der Waals surface area contributed by atoms with E-state index in [0.717, 1.165) is 72.1 Å². The molecule has 4 aromatic carbocycles. The van der Waals surface area contributed by atoms with Crippen molar-refractivity contribution < 1.29 is 4.42 Å². The minimum absolute atomic E-state index is 0.130. The number of hydrogen-bond acceptors (Lipinski definition) is 4. The number of para-hydroxylation sites is 2. The summed E-state index contributed by atoms with van der Waals surface area (Å²) in [6.45, 7) is 4.58. The van der Waals surface area contributed by atoms with E-state index in [4.69, 9.17) is 9.40 Å². The molecule has 218 valence electrons. The Labute approximate surface area is 267 Å². The molecule has 0 saturated heterocycles. The van der Waals surface area contributed by atoms with Crippen LogP contribution in [0.2, 0.25) is 0 Å². The van der Waals surface area contributed by atoms with E-state index in [1.807, 2.05) is 36.8 Å². The number of fused-ring (bicyclic) bond motifs is 6. The van der Waals surface area contributed by atoms with Gasteiger partial charge in [0.05, 0.1) is 5.69 Å². The van der Waals surface area contributed by atoms with Crippen molar-refractivity contribution in [2.24, 2.45) is 0 Å². The van der Waals surface area contributed by atoms with Crippen LogP contribution in [0.3, 0.4) is 0 Å². The van der Waals surface area contributed by atoms with Gasteiger partial charge in [0.2, 0.25) is 0 Å². The summed E-state index contributed by atoms with van der Waals surface area (Å²) in [5.74, 6) is 0. The van der Waals surface area contributed by atoms with Crippen LogP contribution in [-0.4, -0.2) is 15.0 Å². The predicted molar refractivity (Wildman–Crippen MR) is 186 cm³/mol. The van der Waals surface area contributed by atoms with Gasteiger partial charge in [0.25, 0.3) is 0 Å². The first kappa shape index (κ1) is 26.5. The fourth-order valence-corrected chi connectivity index (χ4v) is 7.16. The van der Waals surface area contributed by atoms with Gasteiger partial charge in [-0.05, 0) is 75.8 Å². The quantitative estimate of drug-likeness (QED) is 0.204. The second-order valence-corrected chi connectivity index (χ2v) is 12.5. The number of rotatable bonds is 4. The number of aromatic nitrogens is 3. The first-order chi connectivity index (χ1) is 22.6. The lowest BCUT2D eigenvalue weighted by Gasteiger charge is -2.21. The lowest BCUT2D eigenvalue weighted by Crippen LogP contribution is -2.15. The van der Waals surface area contributed by atoms with E-state index < -0.39 is 0 Å². The molecular formula is C42H29N3O. The maximum atomic E-state index is 6.91. The normalized spacial score (nSPS) is 13.2. The lowest BCUT2D eigenvalue weighted by molar-refractivity contribution is 0.659. The summed E-state index contributed by atoms with van der Waals surface area (Å²) >= 11 is 0. The summed E-state index contributed by atoms with van der Waals surface area (Å²) in [6, 6.07) is 38.7. The van der Waals surface area contributed by atoms with Crippen molar-refractivity contribution in [2.75, 3.05) is 0 Å². The molecule has 1 aliphatic rings. The van der Waals surface area contributed by atoms with Crippen molar-refractivity contribution in [3.8, 4) is 55.8 Å². The number of furan rings is 1. The summed E-state index contributed by atoms with van der Waals surface area (Å²) in [4.78, 5) is 13.5. The van der Waals surface area contributed by atoms with Crippen molar-refractivity contribution in [3.05, 3.63) is 151 Å². The van der Waals surface area contributed by atoms with E-state index in [0.29, 0.717) is 0 Å². The van der Waals surface area contributed by atoms with Gasteiger partial charge in [0, 0.05) is 75.0 Å². The zero-order chi connectivity index (χ0) is 30.8. The third-order valence-electron chi connectivity index (χ3n) is 9.50. The summed E-state index contributed by atoms with van der Waals surface area (Å²) in [5.41, 5.74) is 15.2. The number of hydrogen-bond donors (Lipinski definition) is 0. The van der Waals surface area contributed by atoms with Crippen LogP contribution in [0.4, 0.5) is 0 Å². The first-order valence-corrected chi connectivity index (χ1v) is 15.6. The number of nitrogens with zero attached hydrogens (tertiary/aromatic N) is 3. The molecule has 4 heteroatoms. The third-order valence-corrected chi connectivity index (χ3v) is 9.50. The van der Waals surface area contributed by atoms with Crippen molar-refractivity contribution in [1.82, 2.24) is 15.0 Å². The summed E-state index contributed by atoms with van der Waals surface area (Å²) in [7, 11) is 0. The highest BCUT2D eigenvalue weighted by Gasteiger charge is 2.36. The highest BCUT2D eigenvalue weighted by Crippen LogP contribution is 2.49. The molecule has 4 nitrogen and oxygen atoms in total. The minimum Gasteiger partial charge on any atom is -0.455 e. The molecule has 0 saturated carbocycles. The van der Waals surface area contributed by atoms with Gasteiger partial charge in [-0.15, -0.1) is 0 Å². The Morgan fingerprint density at radius 3 is 1.72 bits per heavy atom. The molecule has 0 radical (unpaired) electrons. The average Bonchev–Trinajstić information content (AvgIpc) is 3.61. The summed E-state index contributed by atoms with van der Waals surface area (Å²) in [6.07, 6.45) is 9.32. The Balaban J connectivity index is 1.23. The van der Waals surface area contributed by atoms with Crippen LogP contribution in [0, 0.1) is 0 Å². The molecular weight excluding hydrogens is 562 g/mol. The van der Waals surface area contributed by atoms with Crippen LogP contribution in [0.1, 0.15) is 25.0 Å². The van der Waals surface area contributed by atoms with Crippen LogP contribution in [0.25, 0.3) is 77.7 Å². The SMILES string of the molecule is CC1(C)c2cc(-c3cccc4c3oc3c(-c5cc(-c6cccnc6)cc(-c6cccnc6)c5)cccc34)ccc2-c2ncccc21. The molecule has 0 atom stereocenters. The van der Waals surface area contributed by atoms with Crippen LogP contribution in [-0.2, 0) is 5.41 Å². The summed E-state index contributed by atoms with van der Waals surface area (Å²) < 4.78 is 6.91. The predicted octanol–water partition coefficient (Wildman–Crippen LogP) is 10.7. The van der Waals surface area contributed by atoms with Crippen LogP contribution in [0.15, 0.2) is 145 Å². The molecule has 8 aromatic rings. The molecule has 9 rings (SSSR count). The van der Waals surface area contributed by atoms with Gasteiger partial charge >= 0.3 is 0 Å². The van der Waals surface area contributed by atoms with Gasteiger partial charge in [-0.3, -0.25) is 15.0 Å². The van der Waals surface area contributed by atoms with Crippen LogP contribution in [0.5, 0.6) is 0 Å². The maximum Gasteiger partial charge on any atom is 0.143 e. The van der Waals surface area contributed by atoms with Gasteiger partial charge in [-0.2, -0.15) is 0 Å². The Bertz CT molecular complexity index is 2380. The standard InChI is InChI=1S/C42H29N3O/c1-42(2)37-14-7-19-45-39(37)36-16-15-26(23-38(36)42)32-10-3-12-34-35-13-4-11-33(41(35)46-40(32)34)31-21-29(27-8-5-17-43-24-27)20-30(22-31)28-9-6-18-44-25-28/h3-25H,1-2H3. The molecule has 1 aliphatic carbocycles. The zero-order valence-corrected chi connectivity index (χ0v) is 25.5. The number of pyridine rings is 3. The van der Waals surface area contributed by atoms with Gasteiger partial charge in [0.15, 0.2) is 0 Å². The molecule has 4 heterocycles. The van der Waals surface area contributed by atoms with Gasteiger partial charge < -0.3 is 4.42 Å². The topological polar surface area (TPSA) is 51.8 Å². The highest BCUT2D eigenvalue weighted by atomic mass is 16.3. The average molecular weight is 592 g/mol. The molecule has 46 heavy (non-hydrogen) atoms. The molecule has 4 aromatic heterocycles. The number of benzene rings is 4. The van der Waals surface area contributed by atoms with Crippen molar-refractivity contribution in [2.45, 2.75) is 19.3 Å². The maximum absolute atomic E-state index is 6.91. The lowest BCUT2D eigenvalue weighted by atomic mass is 9.82. The van der Waals surface area contributed by atoms with E-state index >= 15 is 0 Å². The van der Waals surface area contributed by atoms with Gasteiger partial charge in [0.1, 0.15) is 11.2 Å². The highest BCUT2D eigenvalue weighted by molar-refractivity contribution is 6.13. The van der Waals surface area contributed by atoms with E-state index in [2.05, 4.69) is 115 Å². The Morgan fingerprint density at radius 1 is 0.478 bits per heavy atom.